The first-order chi connectivity index (χ1) is 9.76. The Bertz CT molecular complexity index is 752. The minimum atomic E-state index is 0.446. The Morgan fingerprint density at radius 2 is 2.10 bits per heavy atom. The Labute approximate surface area is 121 Å². The Balaban J connectivity index is 2.03. The van der Waals surface area contributed by atoms with Crippen LogP contribution in [0.15, 0.2) is 42.7 Å². The molecular weight excluding hydrogens is 272 g/mol. The van der Waals surface area contributed by atoms with E-state index in [1.165, 1.54) is 0 Å². The van der Waals surface area contributed by atoms with Gasteiger partial charge in [0.25, 0.3) is 0 Å². The van der Waals surface area contributed by atoms with Gasteiger partial charge >= 0.3 is 0 Å². The molecule has 0 radical (unpaired) electrons. The fraction of sp³-hybridized carbons (Fsp3) is 0.133. The maximum absolute atomic E-state index is 6.01. The van der Waals surface area contributed by atoms with E-state index in [-0.39, 0.29) is 0 Å². The summed E-state index contributed by atoms with van der Waals surface area (Å²) < 4.78 is 0. The highest BCUT2D eigenvalue weighted by atomic mass is 35.5. The van der Waals surface area contributed by atoms with Crippen LogP contribution in [0.5, 0.6) is 0 Å². The van der Waals surface area contributed by atoms with Gasteiger partial charge in [-0.2, -0.15) is 0 Å². The van der Waals surface area contributed by atoms with Crippen LogP contribution in [0.2, 0.25) is 5.15 Å². The van der Waals surface area contributed by atoms with Gasteiger partial charge in [0.1, 0.15) is 16.8 Å². The number of pyridine rings is 1. The molecule has 0 aliphatic carbocycles. The van der Waals surface area contributed by atoms with Crippen molar-refractivity contribution in [2.45, 2.75) is 13.3 Å². The largest absolute Gasteiger partial charge is 0.340 e. The lowest BCUT2D eigenvalue weighted by molar-refractivity contribution is 0.943. The first-order valence-corrected chi connectivity index (χ1v) is 6.77. The molecule has 2 heterocycles. The molecule has 1 N–H and O–H groups in total. The molecule has 20 heavy (non-hydrogen) atoms. The van der Waals surface area contributed by atoms with Crippen molar-refractivity contribution in [3.8, 4) is 0 Å². The molecule has 3 rings (SSSR count). The van der Waals surface area contributed by atoms with E-state index in [0.717, 1.165) is 28.7 Å². The van der Waals surface area contributed by atoms with E-state index in [9.17, 15) is 0 Å². The summed E-state index contributed by atoms with van der Waals surface area (Å²) in [4.78, 5) is 12.7. The lowest BCUT2D eigenvalue weighted by Gasteiger charge is -2.10. The molecule has 0 fully saturated rings. The second kappa shape index (κ2) is 5.43. The summed E-state index contributed by atoms with van der Waals surface area (Å²) in [6.07, 6.45) is 4.36. The Hall–Kier alpha value is -2.20. The number of halogens is 1. The number of aromatic nitrogens is 3. The van der Waals surface area contributed by atoms with E-state index in [4.69, 9.17) is 11.6 Å². The third kappa shape index (κ3) is 2.56. The van der Waals surface area contributed by atoms with Gasteiger partial charge in [0.2, 0.25) is 0 Å². The third-order valence-corrected chi connectivity index (χ3v) is 3.19. The van der Waals surface area contributed by atoms with Crippen LogP contribution < -0.4 is 5.32 Å². The fourth-order valence-electron chi connectivity index (χ4n) is 2.06. The van der Waals surface area contributed by atoms with E-state index >= 15 is 0 Å². The quantitative estimate of drug-likeness (QED) is 0.739. The van der Waals surface area contributed by atoms with E-state index in [1.54, 1.807) is 12.3 Å². The summed E-state index contributed by atoms with van der Waals surface area (Å²) in [6.45, 7) is 2.00. The normalized spacial score (nSPS) is 10.7. The SMILES string of the molecule is CCc1nc(Cl)cc(Nc2cccc3cnccc23)n1. The van der Waals surface area contributed by atoms with Crippen LogP contribution >= 0.6 is 11.6 Å². The second-order valence-corrected chi connectivity index (χ2v) is 4.76. The molecule has 5 heteroatoms. The maximum atomic E-state index is 6.01. The number of nitrogens with zero attached hydrogens (tertiary/aromatic N) is 3. The monoisotopic (exact) mass is 284 g/mol. The lowest BCUT2D eigenvalue weighted by atomic mass is 10.1. The molecule has 0 atom stereocenters. The molecule has 100 valence electrons. The van der Waals surface area contributed by atoms with Crippen molar-refractivity contribution in [3.05, 3.63) is 53.7 Å². The van der Waals surface area contributed by atoms with Crippen LogP contribution in [0.3, 0.4) is 0 Å². The zero-order chi connectivity index (χ0) is 13.9. The van der Waals surface area contributed by atoms with Crippen molar-refractivity contribution in [2.75, 3.05) is 5.32 Å². The van der Waals surface area contributed by atoms with E-state index in [2.05, 4.69) is 20.3 Å². The highest BCUT2D eigenvalue weighted by Gasteiger charge is 2.05. The molecule has 3 aromatic rings. The molecule has 0 unspecified atom stereocenters. The van der Waals surface area contributed by atoms with Gasteiger partial charge in [0, 0.05) is 41.3 Å². The molecule has 0 saturated heterocycles. The molecule has 1 aromatic carbocycles. The minimum Gasteiger partial charge on any atom is -0.340 e. The van der Waals surface area contributed by atoms with Gasteiger partial charge in [-0.05, 0) is 12.1 Å². The molecular formula is C15H13ClN4. The summed E-state index contributed by atoms with van der Waals surface area (Å²) in [6, 6.07) is 9.71. The first-order valence-electron chi connectivity index (χ1n) is 6.39. The van der Waals surface area contributed by atoms with Crippen LogP contribution in [0, 0.1) is 0 Å². The molecule has 0 spiro atoms. The highest BCUT2D eigenvalue weighted by molar-refractivity contribution is 6.29. The maximum Gasteiger partial charge on any atom is 0.135 e. The van der Waals surface area contributed by atoms with Crippen molar-refractivity contribution in [1.29, 1.82) is 0 Å². The second-order valence-electron chi connectivity index (χ2n) is 4.37. The standard InChI is InChI=1S/C15H13ClN4/c1-2-14-19-13(16)8-15(20-14)18-12-5-3-4-10-9-17-7-6-11(10)12/h3-9H,2H2,1H3,(H,18,19,20). The summed E-state index contributed by atoms with van der Waals surface area (Å²) in [5, 5.41) is 5.91. The van der Waals surface area contributed by atoms with Crippen molar-refractivity contribution >= 4 is 33.9 Å². The summed E-state index contributed by atoms with van der Waals surface area (Å²) in [5.74, 6) is 1.42. The van der Waals surface area contributed by atoms with Gasteiger partial charge in [0.15, 0.2) is 0 Å². The first kappa shape index (κ1) is 12.8. The smallest absolute Gasteiger partial charge is 0.135 e. The number of aryl methyl sites for hydroxylation is 1. The van der Waals surface area contributed by atoms with Crippen molar-refractivity contribution < 1.29 is 0 Å². The Morgan fingerprint density at radius 1 is 1.20 bits per heavy atom. The zero-order valence-corrected chi connectivity index (χ0v) is 11.7. The lowest BCUT2D eigenvalue weighted by Crippen LogP contribution is -2.00. The zero-order valence-electron chi connectivity index (χ0n) is 11.0. The topological polar surface area (TPSA) is 50.7 Å². The number of fused-ring (bicyclic) bond motifs is 1. The summed E-state index contributed by atoms with van der Waals surface area (Å²) >= 11 is 6.01. The van der Waals surface area contributed by atoms with Crippen molar-refractivity contribution in [2.24, 2.45) is 0 Å². The fourth-order valence-corrected chi connectivity index (χ4v) is 2.26. The van der Waals surface area contributed by atoms with Crippen LogP contribution in [0.25, 0.3) is 10.8 Å². The van der Waals surface area contributed by atoms with Crippen LogP contribution in [0.1, 0.15) is 12.7 Å². The number of benzene rings is 1. The van der Waals surface area contributed by atoms with Gasteiger partial charge in [-0.3, -0.25) is 4.98 Å². The molecule has 0 aliphatic rings. The molecule has 4 nitrogen and oxygen atoms in total. The van der Waals surface area contributed by atoms with Crippen LogP contribution in [-0.4, -0.2) is 15.0 Å². The molecule has 0 saturated carbocycles. The van der Waals surface area contributed by atoms with E-state index in [0.29, 0.717) is 11.0 Å². The van der Waals surface area contributed by atoms with E-state index in [1.807, 2.05) is 37.4 Å². The van der Waals surface area contributed by atoms with Gasteiger partial charge in [-0.1, -0.05) is 30.7 Å². The van der Waals surface area contributed by atoms with Crippen molar-refractivity contribution in [1.82, 2.24) is 15.0 Å². The molecule has 0 aliphatic heterocycles. The summed E-state index contributed by atoms with van der Waals surface area (Å²) in [5.41, 5.74) is 0.974. The average molecular weight is 285 g/mol. The predicted molar refractivity (Wildman–Crippen MR) is 81.4 cm³/mol. The molecule has 0 amide bonds. The van der Waals surface area contributed by atoms with Gasteiger partial charge < -0.3 is 5.32 Å². The average Bonchev–Trinajstić information content (AvgIpc) is 2.47. The third-order valence-electron chi connectivity index (χ3n) is 3.00. The van der Waals surface area contributed by atoms with Gasteiger partial charge in [0.05, 0.1) is 0 Å². The highest BCUT2D eigenvalue weighted by Crippen LogP contribution is 2.25. The number of hydrogen-bond donors (Lipinski definition) is 1. The van der Waals surface area contributed by atoms with Crippen molar-refractivity contribution in [3.63, 3.8) is 0 Å². The minimum absolute atomic E-state index is 0.446. The van der Waals surface area contributed by atoms with Crippen LogP contribution in [-0.2, 0) is 6.42 Å². The Morgan fingerprint density at radius 3 is 2.95 bits per heavy atom. The summed E-state index contributed by atoms with van der Waals surface area (Å²) in [7, 11) is 0. The Kier molecular flexibility index (Phi) is 3.48. The predicted octanol–water partition coefficient (Wildman–Crippen LogP) is 3.98. The molecule has 2 aromatic heterocycles. The number of hydrogen-bond acceptors (Lipinski definition) is 4. The van der Waals surface area contributed by atoms with Gasteiger partial charge in [-0.15, -0.1) is 0 Å². The number of anilines is 2. The van der Waals surface area contributed by atoms with Crippen LogP contribution in [0.4, 0.5) is 11.5 Å². The number of nitrogens with one attached hydrogen (secondary N) is 1. The van der Waals surface area contributed by atoms with Gasteiger partial charge in [-0.25, -0.2) is 9.97 Å². The van der Waals surface area contributed by atoms with E-state index < -0.39 is 0 Å². The molecule has 0 bridgehead atoms. The number of rotatable bonds is 3.